The van der Waals surface area contributed by atoms with Gasteiger partial charge in [-0.1, -0.05) is 35.9 Å². The summed E-state index contributed by atoms with van der Waals surface area (Å²) < 4.78 is 95.9. The average Bonchev–Trinajstić information content (AvgIpc) is 3.04. The van der Waals surface area contributed by atoms with E-state index in [0.717, 1.165) is 35.6 Å². The van der Waals surface area contributed by atoms with Crippen molar-refractivity contribution in [2.24, 2.45) is 5.92 Å². The zero-order chi connectivity index (χ0) is 34.6. The second-order valence-electron chi connectivity index (χ2n) is 12.0. The Kier molecular flexibility index (Phi) is 11.1. The highest BCUT2D eigenvalue weighted by atomic mass is 35.5. The minimum absolute atomic E-state index is 0.110. The van der Waals surface area contributed by atoms with E-state index < -0.39 is 38.6 Å². The molecule has 0 spiro atoms. The predicted octanol–water partition coefficient (Wildman–Crippen LogP) is 8.07. The summed E-state index contributed by atoms with van der Waals surface area (Å²) in [6.07, 6.45) is -1.09. The van der Waals surface area contributed by atoms with Crippen molar-refractivity contribution in [3.05, 3.63) is 88.2 Å². The lowest BCUT2D eigenvalue weighted by molar-refractivity contribution is -0.149. The molecule has 0 aromatic heterocycles. The van der Waals surface area contributed by atoms with Crippen LogP contribution in [0.25, 0.3) is 11.6 Å². The lowest BCUT2D eigenvalue weighted by Crippen LogP contribution is -2.44. The maximum absolute atomic E-state index is 14.6. The van der Waals surface area contributed by atoms with Crippen LogP contribution in [-0.2, 0) is 25.7 Å². The topological polar surface area (TPSA) is 76.2 Å². The molecule has 1 saturated heterocycles. The predicted molar refractivity (Wildman–Crippen MR) is 177 cm³/mol. The summed E-state index contributed by atoms with van der Waals surface area (Å²) in [5.74, 6) is -0.534. The summed E-state index contributed by atoms with van der Waals surface area (Å²) in [7, 11) is -4.47. The Bertz CT molecular complexity index is 1750. The van der Waals surface area contributed by atoms with E-state index in [-0.39, 0.29) is 40.5 Å². The van der Waals surface area contributed by atoms with Gasteiger partial charge in [0.2, 0.25) is 0 Å². The van der Waals surface area contributed by atoms with Crippen LogP contribution in [0.4, 0.5) is 23.2 Å². The van der Waals surface area contributed by atoms with Crippen LogP contribution < -0.4 is 9.04 Å². The second-order valence-corrected chi connectivity index (χ2v) is 14.2. The lowest BCUT2D eigenvalue weighted by atomic mass is 9.97. The molecule has 13 heteroatoms. The Labute approximate surface area is 283 Å². The summed E-state index contributed by atoms with van der Waals surface area (Å²) in [6, 6.07) is 12.9. The van der Waals surface area contributed by atoms with Gasteiger partial charge in [-0.25, -0.2) is 12.8 Å². The van der Waals surface area contributed by atoms with Crippen LogP contribution in [-0.4, -0.2) is 58.2 Å². The van der Waals surface area contributed by atoms with Crippen molar-refractivity contribution in [2.45, 2.75) is 56.7 Å². The molecule has 2 heterocycles. The van der Waals surface area contributed by atoms with Crippen molar-refractivity contribution in [3.8, 4) is 5.75 Å². The molecular formula is C35H37ClF4N2O5S. The number of hydrogen-bond acceptors (Lipinski definition) is 6. The number of fused-ring (bicyclic) bond motifs is 1. The van der Waals surface area contributed by atoms with Crippen LogP contribution >= 0.6 is 11.6 Å². The molecule has 2 aliphatic rings. The number of alkyl halides is 3. The molecule has 1 atom stereocenters. The maximum atomic E-state index is 14.6. The molecule has 2 aliphatic heterocycles. The Balaban J connectivity index is 1.39. The van der Waals surface area contributed by atoms with Gasteiger partial charge in [-0.3, -0.25) is 9.10 Å². The number of hydrogen-bond donors (Lipinski definition) is 0. The largest absolute Gasteiger partial charge is 0.486 e. The van der Waals surface area contributed by atoms with Gasteiger partial charge in [-0.2, -0.15) is 13.2 Å². The monoisotopic (exact) mass is 708 g/mol. The number of halogens is 5. The number of esters is 1. The number of sulfonamides is 1. The van der Waals surface area contributed by atoms with Crippen LogP contribution in [0.3, 0.4) is 0 Å². The third-order valence-corrected chi connectivity index (χ3v) is 10.7. The number of nitrogens with zero attached hydrogens (tertiary/aromatic N) is 2. The molecule has 48 heavy (non-hydrogen) atoms. The number of allylic oxidation sites excluding steroid dienone is 1. The van der Waals surface area contributed by atoms with Crippen molar-refractivity contribution < 1.29 is 40.2 Å². The van der Waals surface area contributed by atoms with Gasteiger partial charge in [0, 0.05) is 5.56 Å². The van der Waals surface area contributed by atoms with Crippen molar-refractivity contribution >= 4 is 44.9 Å². The molecule has 7 nitrogen and oxygen atoms in total. The van der Waals surface area contributed by atoms with Gasteiger partial charge < -0.3 is 14.4 Å². The highest BCUT2D eigenvalue weighted by Crippen LogP contribution is 2.40. The smallest absolute Gasteiger partial charge is 0.416 e. The van der Waals surface area contributed by atoms with E-state index in [0.29, 0.717) is 56.0 Å². The highest BCUT2D eigenvalue weighted by Gasteiger charge is 2.37. The minimum Gasteiger partial charge on any atom is -0.486 e. The number of ether oxygens (including phenoxy) is 2. The Morgan fingerprint density at radius 2 is 1.81 bits per heavy atom. The molecule has 3 aromatic rings. The first kappa shape index (κ1) is 35.7. The molecule has 0 bridgehead atoms. The van der Waals surface area contributed by atoms with Crippen molar-refractivity contribution in [1.82, 2.24) is 4.90 Å². The maximum Gasteiger partial charge on any atom is 0.416 e. The highest BCUT2D eigenvalue weighted by molar-refractivity contribution is 7.92. The molecule has 258 valence electrons. The zero-order valence-corrected chi connectivity index (χ0v) is 28.2. The summed E-state index contributed by atoms with van der Waals surface area (Å²) in [6.45, 7) is 5.87. The number of carbonyl (C=O) groups is 1. The number of carbonyl (C=O) groups excluding carboxylic acids is 1. The summed E-state index contributed by atoms with van der Waals surface area (Å²) in [5, 5.41) is 0.213. The van der Waals surface area contributed by atoms with Crippen LogP contribution in [0, 0.1) is 11.7 Å². The molecule has 0 aliphatic carbocycles. The molecule has 0 radical (unpaired) electrons. The second kappa shape index (κ2) is 14.9. The Hall–Kier alpha value is -3.61. The van der Waals surface area contributed by atoms with Gasteiger partial charge in [0.15, 0.2) is 0 Å². The van der Waals surface area contributed by atoms with Gasteiger partial charge in [0.05, 0.1) is 40.2 Å². The number of likely N-dealkylation sites (tertiary alicyclic amines) is 1. The van der Waals surface area contributed by atoms with Gasteiger partial charge in [-0.15, -0.1) is 0 Å². The molecule has 1 fully saturated rings. The average molecular weight is 709 g/mol. The Morgan fingerprint density at radius 1 is 1.08 bits per heavy atom. The van der Waals surface area contributed by atoms with Crippen LogP contribution in [0.5, 0.6) is 5.75 Å². The van der Waals surface area contributed by atoms with Crippen LogP contribution in [0.15, 0.2) is 65.6 Å². The summed E-state index contributed by atoms with van der Waals surface area (Å²) >= 11 is 6.25. The lowest BCUT2D eigenvalue weighted by Gasteiger charge is -2.36. The van der Waals surface area contributed by atoms with E-state index in [9.17, 15) is 30.8 Å². The Morgan fingerprint density at radius 3 is 2.50 bits per heavy atom. The fourth-order valence-electron chi connectivity index (χ4n) is 6.15. The first-order chi connectivity index (χ1) is 22.8. The van der Waals surface area contributed by atoms with Gasteiger partial charge in [0.1, 0.15) is 17.7 Å². The van der Waals surface area contributed by atoms with E-state index in [1.165, 1.54) is 12.1 Å². The standard InChI is InChI=1S/C35H37ClF4N2O5S/c1-3-46-34(43)25-14-17-41(18-15-25)16-6-8-27-22-42(48(44,45)28-9-4-7-26(21-28)35(38,39)40)31-20-24(12-13-32(31)47-27)19-23(2)33-29(36)10-5-11-30(33)37/h4-5,7,9-13,19-21,25,27H,3,6,8,14-18,22H2,1-2H3/b23-19+/t27-/m0/s1. The van der Waals surface area contributed by atoms with Gasteiger partial charge in [-0.05, 0) is 113 Å². The van der Waals surface area contributed by atoms with Crippen molar-refractivity contribution in [1.29, 1.82) is 0 Å². The molecular weight excluding hydrogens is 672 g/mol. The van der Waals surface area contributed by atoms with Crippen molar-refractivity contribution in [2.75, 3.05) is 37.1 Å². The van der Waals surface area contributed by atoms with E-state index in [1.807, 2.05) is 0 Å². The molecule has 0 saturated carbocycles. The number of anilines is 1. The summed E-state index contributed by atoms with van der Waals surface area (Å²) in [4.78, 5) is 13.8. The third kappa shape index (κ3) is 8.15. The first-order valence-electron chi connectivity index (χ1n) is 15.8. The van der Waals surface area contributed by atoms with E-state index in [2.05, 4.69) is 4.90 Å². The zero-order valence-electron chi connectivity index (χ0n) is 26.6. The molecule has 0 N–H and O–H groups in total. The van der Waals surface area contributed by atoms with Gasteiger partial charge in [0.25, 0.3) is 10.0 Å². The number of rotatable bonds is 10. The quantitative estimate of drug-likeness (QED) is 0.121. The molecule has 0 amide bonds. The first-order valence-corrected chi connectivity index (χ1v) is 17.6. The van der Waals surface area contributed by atoms with E-state index in [4.69, 9.17) is 21.1 Å². The fraction of sp³-hybridized carbons (Fsp3) is 0.400. The fourth-order valence-corrected chi connectivity index (χ4v) is 8.01. The molecule has 0 unspecified atom stereocenters. The van der Waals surface area contributed by atoms with E-state index >= 15 is 0 Å². The van der Waals surface area contributed by atoms with Crippen LogP contribution in [0.1, 0.15) is 56.2 Å². The third-order valence-electron chi connectivity index (χ3n) is 8.61. The SMILES string of the molecule is CCOC(=O)C1CCN(CCC[C@H]2CN(S(=O)(=O)c3cccc(C(F)(F)F)c3)c3cc(/C=C(\C)c4c(F)cccc4Cl)ccc3O2)CC1. The number of benzene rings is 3. The van der Waals surface area contributed by atoms with Crippen molar-refractivity contribution in [3.63, 3.8) is 0 Å². The normalized spacial score (nSPS) is 17.9. The van der Waals surface area contributed by atoms with Crippen LogP contribution in [0.2, 0.25) is 5.02 Å². The molecule has 3 aromatic carbocycles. The number of piperidine rings is 1. The summed E-state index contributed by atoms with van der Waals surface area (Å²) in [5.41, 5.74) is 0.293. The molecule has 5 rings (SSSR count). The minimum atomic E-state index is -4.73. The van der Waals surface area contributed by atoms with E-state index in [1.54, 1.807) is 44.2 Å². The van der Waals surface area contributed by atoms with Gasteiger partial charge >= 0.3 is 12.1 Å².